The van der Waals surface area contributed by atoms with Gasteiger partial charge in [0.2, 0.25) is 0 Å². The van der Waals surface area contributed by atoms with Crippen molar-refractivity contribution in [2.75, 3.05) is 13.1 Å². The van der Waals surface area contributed by atoms with Crippen LogP contribution in [0.15, 0.2) is 12.2 Å². The average molecular weight is 259 g/mol. The summed E-state index contributed by atoms with van der Waals surface area (Å²) >= 11 is 0. The molecule has 0 bridgehead atoms. The first kappa shape index (κ1) is 13.3. The standard InChI is InChI=1S/C12H16F3N3/c13-12(14,15)10(17)2-1-9(16)3-8-4-11(5-8)6-18-7-11/h1-2,8,16-18H,3-7H2/b2-1-,16-9?,17-10?. The largest absolute Gasteiger partial charge is 0.432 e. The van der Waals surface area contributed by atoms with Crippen molar-refractivity contribution in [1.29, 1.82) is 10.8 Å². The molecule has 0 aromatic rings. The Bertz CT molecular complexity index is 386. The highest BCUT2D eigenvalue weighted by Crippen LogP contribution is 2.49. The molecule has 1 saturated carbocycles. The van der Waals surface area contributed by atoms with Gasteiger partial charge in [0.15, 0.2) is 0 Å². The molecule has 2 aliphatic rings. The van der Waals surface area contributed by atoms with E-state index in [1.54, 1.807) is 0 Å². The zero-order valence-electron chi connectivity index (χ0n) is 9.90. The van der Waals surface area contributed by atoms with Gasteiger partial charge >= 0.3 is 6.18 Å². The van der Waals surface area contributed by atoms with Crippen LogP contribution in [0.2, 0.25) is 0 Å². The Kier molecular flexibility index (Phi) is 3.31. The molecule has 0 radical (unpaired) electrons. The topological polar surface area (TPSA) is 59.7 Å². The highest BCUT2D eigenvalue weighted by atomic mass is 19.4. The molecule has 1 spiro atoms. The van der Waals surface area contributed by atoms with Gasteiger partial charge in [-0.3, -0.25) is 5.41 Å². The van der Waals surface area contributed by atoms with Gasteiger partial charge in [-0.25, -0.2) is 0 Å². The van der Waals surface area contributed by atoms with Crippen LogP contribution in [0, 0.1) is 22.2 Å². The van der Waals surface area contributed by atoms with Crippen molar-refractivity contribution in [3.8, 4) is 0 Å². The Morgan fingerprint density at radius 3 is 2.28 bits per heavy atom. The molecule has 1 aliphatic carbocycles. The van der Waals surface area contributed by atoms with Gasteiger partial charge in [-0.2, -0.15) is 13.2 Å². The fraction of sp³-hybridized carbons (Fsp3) is 0.667. The summed E-state index contributed by atoms with van der Waals surface area (Å²) in [7, 11) is 0. The molecule has 0 unspecified atom stereocenters. The maximum Gasteiger partial charge on any atom is 0.432 e. The normalized spacial score (nSPS) is 22.8. The lowest BCUT2D eigenvalue weighted by atomic mass is 9.57. The third-order valence-corrected chi connectivity index (χ3v) is 3.71. The van der Waals surface area contributed by atoms with Crippen LogP contribution < -0.4 is 5.32 Å². The molecule has 18 heavy (non-hydrogen) atoms. The fourth-order valence-corrected chi connectivity index (χ4v) is 2.73. The van der Waals surface area contributed by atoms with E-state index in [9.17, 15) is 13.2 Å². The second-order valence-corrected chi connectivity index (χ2v) is 5.35. The molecule has 3 nitrogen and oxygen atoms in total. The van der Waals surface area contributed by atoms with Crippen molar-refractivity contribution >= 4 is 11.4 Å². The lowest BCUT2D eigenvalue weighted by Gasteiger charge is -2.54. The van der Waals surface area contributed by atoms with Gasteiger partial charge in [-0.05, 0) is 42.7 Å². The Balaban J connectivity index is 1.73. The predicted molar refractivity (Wildman–Crippen MR) is 63.3 cm³/mol. The number of allylic oxidation sites excluding steroid dienone is 2. The highest BCUT2D eigenvalue weighted by Gasteiger charge is 2.48. The van der Waals surface area contributed by atoms with Crippen LogP contribution in [0.1, 0.15) is 19.3 Å². The second-order valence-electron chi connectivity index (χ2n) is 5.35. The molecule has 0 atom stereocenters. The number of alkyl halides is 3. The van der Waals surface area contributed by atoms with E-state index < -0.39 is 11.9 Å². The van der Waals surface area contributed by atoms with Crippen LogP contribution >= 0.6 is 0 Å². The Labute approximate surface area is 103 Å². The summed E-state index contributed by atoms with van der Waals surface area (Å²) in [5.74, 6) is 0.421. The van der Waals surface area contributed by atoms with Crippen LogP contribution in [-0.2, 0) is 0 Å². The van der Waals surface area contributed by atoms with Crippen LogP contribution in [0.3, 0.4) is 0 Å². The first-order valence-electron chi connectivity index (χ1n) is 5.93. The fourth-order valence-electron chi connectivity index (χ4n) is 2.73. The van der Waals surface area contributed by atoms with Gasteiger partial charge in [0.05, 0.1) is 0 Å². The molecule has 0 aromatic carbocycles. The third-order valence-electron chi connectivity index (χ3n) is 3.71. The maximum atomic E-state index is 12.0. The number of halogens is 3. The number of hydrogen-bond acceptors (Lipinski definition) is 3. The molecule has 2 fully saturated rings. The Morgan fingerprint density at radius 2 is 1.83 bits per heavy atom. The SMILES string of the molecule is N=C(/C=C\C(=N)C(F)(F)F)CC1CC2(CNC2)C1. The molecule has 1 saturated heterocycles. The minimum atomic E-state index is -4.62. The van der Waals surface area contributed by atoms with Gasteiger partial charge in [-0.1, -0.05) is 0 Å². The summed E-state index contributed by atoms with van der Waals surface area (Å²) < 4.78 is 36.1. The minimum Gasteiger partial charge on any atom is -0.316 e. The molecule has 0 amide bonds. The molecule has 1 aliphatic heterocycles. The summed E-state index contributed by atoms with van der Waals surface area (Å²) in [6, 6.07) is 0. The number of rotatable bonds is 4. The van der Waals surface area contributed by atoms with E-state index in [2.05, 4.69) is 5.32 Å². The van der Waals surface area contributed by atoms with Crippen molar-refractivity contribution in [1.82, 2.24) is 5.32 Å². The zero-order valence-corrected chi connectivity index (χ0v) is 9.90. The van der Waals surface area contributed by atoms with Crippen molar-refractivity contribution < 1.29 is 13.2 Å². The monoisotopic (exact) mass is 259 g/mol. The molecule has 2 rings (SSSR count). The number of nitrogens with one attached hydrogen (secondary N) is 3. The van der Waals surface area contributed by atoms with Gasteiger partial charge in [0.1, 0.15) is 5.71 Å². The summed E-state index contributed by atoms with van der Waals surface area (Å²) in [5, 5.41) is 17.6. The van der Waals surface area contributed by atoms with Crippen LogP contribution in [-0.4, -0.2) is 30.7 Å². The lowest BCUT2D eigenvalue weighted by Crippen LogP contribution is -2.60. The van der Waals surface area contributed by atoms with Crippen molar-refractivity contribution in [3.63, 3.8) is 0 Å². The molecule has 1 heterocycles. The Morgan fingerprint density at radius 1 is 1.22 bits per heavy atom. The Hall–Kier alpha value is -1.17. The molecule has 3 N–H and O–H groups in total. The molecular formula is C12H16F3N3. The van der Waals surface area contributed by atoms with Gasteiger partial charge < -0.3 is 10.7 Å². The van der Waals surface area contributed by atoms with Crippen molar-refractivity contribution in [2.45, 2.75) is 25.4 Å². The number of hydrogen-bond donors (Lipinski definition) is 3. The minimum absolute atomic E-state index is 0.177. The highest BCUT2D eigenvalue weighted by molar-refractivity contribution is 6.03. The summed E-state index contributed by atoms with van der Waals surface area (Å²) in [5.41, 5.74) is -0.801. The van der Waals surface area contributed by atoms with E-state index in [1.165, 1.54) is 0 Å². The van der Waals surface area contributed by atoms with E-state index in [0.717, 1.165) is 32.0 Å². The van der Waals surface area contributed by atoms with Gasteiger partial charge in [0, 0.05) is 18.8 Å². The predicted octanol–water partition coefficient (Wildman–Crippen LogP) is 2.53. The van der Waals surface area contributed by atoms with Crippen LogP contribution in [0.5, 0.6) is 0 Å². The van der Waals surface area contributed by atoms with Crippen LogP contribution in [0.4, 0.5) is 13.2 Å². The average Bonchev–Trinajstić information content (AvgIpc) is 2.14. The quantitative estimate of drug-likeness (QED) is 0.667. The van der Waals surface area contributed by atoms with Crippen molar-refractivity contribution in [2.24, 2.45) is 11.3 Å². The maximum absolute atomic E-state index is 12.0. The first-order chi connectivity index (χ1) is 8.31. The second kappa shape index (κ2) is 4.50. The molecule has 0 aromatic heterocycles. The molecule has 6 heteroatoms. The molecule has 100 valence electrons. The van der Waals surface area contributed by atoms with E-state index >= 15 is 0 Å². The van der Waals surface area contributed by atoms with E-state index in [-0.39, 0.29) is 5.71 Å². The van der Waals surface area contributed by atoms with E-state index in [4.69, 9.17) is 10.8 Å². The van der Waals surface area contributed by atoms with Crippen molar-refractivity contribution in [3.05, 3.63) is 12.2 Å². The summed E-state index contributed by atoms with van der Waals surface area (Å²) in [6.45, 7) is 2.07. The van der Waals surface area contributed by atoms with E-state index in [1.807, 2.05) is 0 Å². The van der Waals surface area contributed by atoms with Crippen LogP contribution in [0.25, 0.3) is 0 Å². The third kappa shape index (κ3) is 2.80. The first-order valence-corrected chi connectivity index (χ1v) is 5.93. The van der Waals surface area contributed by atoms with Gasteiger partial charge in [-0.15, -0.1) is 0 Å². The zero-order chi connectivity index (χ0) is 13.4. The summed E-state index contributed by atoms with van der Waals surface area (Å²) in [4.78, 5) is 0. The van der Waals surface area contributed by atoms with E-state index in [0.29, 0.717) is 23.8 Å². The molecular weight excluding hydrogens is 243 g/mol. The summed E-state index contributed by atoms with van der Waals surface area (Å²) in [6.07, 6.45) is -0.209. The lowest BCUT2D eigenvalue weighted by molar-refractivity contribution is -0.0583. The smallest absolute Gasteiger partial charge is 0.316 e. The van der Waals surface area contributed by atoms with Gasteiger partial charge in [0.25, 0.3) is 0 Å².